The molecule has 0 spiro atoms. The number of hydrogen-bond acceptors (Lipinski definition) is 4. The second-order valence-electron chi connectivity index (χ2n) is 4.05. The highest BCUT2D eigenvalue weighted by atomic mass is 79.9. The third-order valence-electron chi connectivity index (χ3n) is 2.46. The zero-order valence-corrected chi connectivity index (χ0v) is 13.0. The van der Waals surface area contributed by atoms with Gasteiger partial charge in [-0.1, -0.05) is 36.9 Å². The molecule has 5 nitrogen and oxygen atoms in total. The number of hydrogen-bond donors (Lipinski definition) is 1. The van der Waals surface area contributed by atoms with Crippen LogP contribution in [0.5, 0.6) is 0 Å². The summed E-state index contributed by atoms with van der Waals surface area (Å²) in [5.74, 6) is -0.376. The number of esters is 1. The normalized spacial score (nSPS) is 9.70. The van der Waals surface area contributed by atoms with Gasteiger partial charge in [-0.15, -0.1) is 0 Å². The number of quaternary nitrogens is 1. The van der Waals surface area contributed by atoms with Crippen molar-refractivity contribution in [2.45, 2.75) is 0 Å². The maximum Gasteiger partial charge on any atom is 0.330 e. The molecule has 6 heteroatoms. The second-order valence-corrected chi connectivity index (χ2v) is 4.05. The van der Waals surface area contributed by atoms with Crippen LogP contribution in [0.1, 0.15) is 10.4 Å². The molecule has 0 bridgehead atoms. The maximum atomic E-state index is 11.9. The van der Waals surface area contributed by atoms with Crippen molar-refractivity contribution in [3.05, 3.63) is 48.6 Å². The molecule has 0 unspecified atom stereocenters. The first-order chi connectivity index (χ1) is 9.13. The zero-order chi connectivity index (χ0) is 14.1. The minimum Gasteiger partial charge on any atom is -1.00 e. The Labute approximate surface area is 129 Å². The quantitative estimate of drug-likeness (QED) is 0.137. The van der Waals surface area contributed by atoms with Gasteiger partial charge in [0.05, 0.1) is 0 Å². The largest absolute Gasteiger partial charge is 1.00 e. The fraction of sp³-hybridized carbons (Fsp3) is 0.286. The maximum absolute atomic E-state index is 11.9. The van der Waals surface area contributed by atoms with Crippen molar-refractivity contribution in [3.63, 3.8) is 0 Å². The van der Waals surface area contributed by atoms with Crippen LogP contribution in [0.3, 0.4) is 0 Å². The van der Waals surface area contributed by atoms with E-state index in [1.165, 1.54) is 0 Å². The Balaban J connectivity index is 0.00000361. The van der Waals surface area contributed by atoms with Gasteiger partial charge in [0.25, 0.3) is 0 Å². The Kier molecular flexibility index (Phi) is 9.53. The lowest BCUT2D eigenvalue weighted by Gasteiger charge is -2.13. The molecule has 20 heavy (non-hydrogen) atoms. The smallest absolute Gasteiger partial charge is 0.330 e. The van der Waals surface area contributed by atoms with E-state index in [0.717, 1.165) is 6.08 Å². The summed E-state index contributed by atoms with van der Waals surface area (Å²) in [4.78, 5) is 22.7. The number of Topliss-reactive ketones (excluding diaryl/α,β-unsaturated/α-hetero) is 1. The third kappa shape index (κ3) is 7.18. The number of carbonyl (C=O) groups excluding carboxylic acids is 2. The fourth-order valence-corrected chi connectivity index (χ4v) is 1.50. The van der Waals surface area contributed by atoms with Crippen LogP contribution in [-0.4, -0.2) is 43.5 Å². The first-order valence-corrected chi connectivity index (χ1v) is 6.04. The van der Waals surface area contributed by atoms with E-state index in [-0.39, 0.29) is 29.4 Å². The number of rotatable bonds is 8. The summed E-state index contributed by atoms with van der Waals surface area (Å²) < 4.78 is 4.83. The van der Waals surface area contributed by atoms with Gasteiger partial charge in [0, 0.05) is 18.7 Å². The van der Waals surface area contributed by atoms with Crippen LogP contribution in [0.15, 0.2) is 43.0 Å². The predicted molar refractivity (Wildman–Crippen MR) is 71.4 cm³/mol. The van der Waals surface area contributed by atoms with Crippen LogP contribution in [0.2, 0.25) is 0 Å². The molecule has 0 atom stereocenters. The van der Waals surface area contributed by atoms with Crippen molar-refractivity contribution in [3.8, 4) is 0 Å². The molecule has 0 aliphatic heterocycles. The lowest BCUT2D eigenvalue weighted by Crippen LogP contribution is -3.00. The Morgan fingerprint density at radius 2 is 2.00 bits per heavy atom. The lowest BCUT2D eigenvalue weighted by atomic mass is 10.1. The summed E-state index contributed by atoms with van der Waals surface area (Å²) in [7, 11) is 1.82. The summed E-state index contributed by atoms with van der Waals surface area (Å²) in [5.41, 5.74) is 2.53. The molecule has 0 saturated heterocycles. The average Bonchev–Trinajstić information content (AvgIpc) is 2.44. The van der Waals surface area contributed by atoms with Crippen LogP contribution in [0, 0.1) is 0 Å². The van der Waals surface area contributed by atoms with Crippen LogP contribution in [-0.2, 0) is 9.53 Å². The first-order valence-electron chi connectivity index (χ1n) is 6.04. The molecule has 1 rings (SSSR count). The number of carbonyl (C=O) groups is 2. The molecule has 1 aromatic rings. The van der Waals surface area contributed by atoms with E-state index >= 15 is 0 Å². The minimum absolute atomic E-state index is 0. The van der Waals surface area contributed by atoms with E-state index in [1.54, 1.807) is 17.1 Å². The Bertz CT molecular complexity index is 437. The van der Waals surface area contributed by atoms with Gasteiger partial charge in [-0.3, -0.25) is 10.2 Å². The molecule has 0 heterocycles. The lowest BCUT2D eigenvalue weighted by molar-refractivity contribution is -0.797. The van der Waals surface area contributed by atoms with E-state index in [0.29, 0.717) is 18.7 Å². The summed E-state index contributed by atoms with van der Waals surface area (Å²) in [5, 5.41) is 1.79. The number of ether oxygens (including phenoxy) is 1. The van der Waals surface area contributed by atoms with Gasteiger partial charge in [0.15, 0.2) is 5.78 Å². The summed E-state index contributed by atoms with van der Waals surface area (Å²) >= 11 is 0. The first kappa shape index (κ1) is 18.5. The van der Waals surface area contributed by atoms with Gasteiger partial charge in [-0.05, 0) is 0 Å². The monoisotopic (exact) mass is 342 g/mol. The van der Waals surface area contributed by atoms with Gasteiger partial charge in [0.2, 0.25) is 0 Å². The molecule has 110 valence electrons. The number of ketones is 1. The summed E-state index contributed by atoms with van der Waals surface area (Å²) in [6, 6.07) is 9.14. The number of likely N-dealkylation sites (N-methyl/N-ethyl adjacent to an activating group) is 1. The fourth-order valence-electron chi connectivity index (χ4n) is 1.50. The molecule has 0 aliphatic carbocycles. The van der Waals surface area contributed by atoms with Crippen molar-refractivity contribution in [2.75, 3.05) is 26.7 Å². The molecule has 0 saturated carbocycles. The number of halogens is 1. The van der Waals surface area contributed by atoms with Crippen LogP contribution in [0.25, 0.3) is 0 Å². The van der Waals surface area contributed by atoms with Crippen molar-refractivity contribution < 1.29 is 36.7 Å². The molecule has 0 aromatic heterocycles. The molecule has 1 aromatic carbocycles. The highest BCUT2D eigenvalue weighted by Crippen LogP contribution is 1.99. The number of nitrogens with two attached hydrogens (primary N) is 1. The standard InChI is InChI=1S/C14H18N2O3.BrH/c1-3-14(18)19-10-9-15-16(2)11-13(17)12-7-5-4-6-8-12;/h3-8,15H,1,9-11H2,2H3;1H. The van der Waals surface area contributed by atoms with Crippen molar-refractivity contribution in [1.29, 1.82) is 0 Å². The van der Waals surface area contributed by atoms with Gasteiger partial charge in [0.1, 0.15) is 19.7 Å². The molecular formula is C14H19BrN2O3. The summed E-state index contributed by atoms with van der Waals surface area (Å²) in [6.07, 6.45) is 1.13. The topological polar surface area (TPSA) is 63.2 Å². The van der Waals surface area contributed by atoms with Crippen LogP contribution >= 0.6 is 0 Å². The van der Waals surface area contributed by atoms with Crippen molar-refractivity contribution in [2.24, 2.45) is 0 Å². The van der Waals surface area contributed by atoms with Crippen LogP contribution in [0.4, 0.5) is 0 Å². The average molecular weight is 343 g/mol. The van der Waals surface area contributed by atoms with Gasteiger partial charge >= 0.3 is 5.97 Å². The van der Waals surface area contributed by atoms with E-state index in [2.05, 4.69) is 6.58 Å². The molecule has 2 N–H and O–H groups in total. The number of nitrogens with zero attached hydrogens (tertiary/aromatic N) is 1. The highest BCUT2D eigenvalue weighted by Gasteiger charge is 2.10. The Morgan fingerprint density at radius 3 is 2.60 bits per heavy atom. The van der Waals surface area contributed by atoms with E-state index in [9.17, 15) is 9.59 Å². The minimum atomic E-state index is -0.434. The SMILES string of the molecule is C=CC(=O)OCC[NH2+]N(C)CC(=O)c1ccccc1.[Br-]. The van der Waals surface area contributed by atoms with E-state index in [4.69, 9.17) is 4.74 Å². The van der Waals surface area contributed by atoms with Gasteiger partial charge in [-0.2, -0.15) is 5.01 Å². The Morgan fingerprint density at radius 1 is 1.35 bits per heavy atom. The van der Waals surface area contributed by atoms with Gasteiger partial charge < -0.3 is 21.7 Å². The zero-order valence-electron chi connectivity index (χ0n) is 11.4. The van der Waals surface area contributed by atoms with Gasteiger partial charge in [-0.25, -0.2) is 4.79 Å². The molecule has 0 aliphatic rings. The third-order valence-corrected chi connectivity index (χ3v) is 2.46. The van der Waals surface area contributed by atoms with Crippen LogP contribution < -0.4 is 22.4 Å². The van der Waals surface area contributed by atoms with E-state index < -0.39 is 5.97 Å². The summed E-state index contributed by atoms with van der Waals surface area (Å²) in [6.45, 7) is 4.47. The molecule has 0 amide bonds. The highest BCUT2D eigenvalue weighted by molar-refractivity contribution is 5.97. The molecule has 0 radical (unpaired) electrons. The predicted octanol–water partition coefficient (Wildman–Crippen LogP) is -2.99. The molecular weight excluding hydrogens is 324 g/mol. The van der Waals surface area contributed by atoms with E-state index in [1.807, 2.05) is 30.7 Å². The molecule has 0 fully saturated rings. The second kappa shape index (κ2) is 10.3. The number of benzene rings is 1. The van der Waals surface area contributed by atoms with Crippen molar-refractivity contribution >= 4 is 11.8 Å². The van der Waals surface area contributed by atoms with Crippen molar-refractivity contribution in [1.82, 2.24) is 5.01 Å². The Hall–Kier alpha value is -1.50.